The minimum atomic E-state index is -0.739. The molecule has 6 heteroatoms. The Morgan fingerprint density at radius 1 is 1.26 bits per heavy atom. The van der Waals surface area contributed by atoms with Gasteiger partial charge in [0, 0.05) is 25.0 Å². The number of likely N-dealkylation sites (tertiary alicyclic amines) is 1. The third kappa shape index (κ3) is 4.45. The molecular weight excluding hydrogens is 296 g/mol. The zero-order chi connectivity index (χ0) is 17.0. The van der Waals surface area contributed by atoms with Crippen LogP contribution >= 0.6 is 0 Å². The van der Waals surface area contributed by atoms with Gasteiger partial charge in [0.1, 0.15) is 0 Å². The van der Waals surface area contributed by atoms with Crippen LogP contribution in [0.25, 0.3) is 0 Å². The predicted molar refractivity (Wildman–Crippen MR) is 85.7 cm³/mol. The van der Waals surface area contributed by atoms with Crippen molar-refractivity contribution < 1.29 is 19.5 Å². The Hall–Kier alpha value is -1.59. The lowest BCUT2D eigenvalue weighted by Gasteiger charge is -2.28. The molecule has 1 aliphatic carbocycles. The van der Waals surface area contributed by atoms with Gasteiger partial charge in [-0.1, -0.05) is 13.3 Å². The van der Waals surface area contributed by atoms with Gasteiger partial charge in [-0.05, 0) is 39.0 Å². The summed E-state index contributed by atoms with van der Waals surface area (Å²) in [5.41, 5.74) is 0. The second kappa shape index (κ2) is 7.79. The fraction of sp³-hybridized carbons (Fsp3) is 0.824. The minimum Gasteiger partial charge on any atom is -0.481 e. The molecule has 2 unspecified atom stereocenters. The molecule has 0 radical (unpaired) electrons. The lowest BCUT2D eigenvalue weighted by Crippen LogP contribution is -2.42. The van der Waals surface area contributed by atoms with Crippen LogP contribution in [0, 0.1) is 11.8 Å². The summed E-state index contributed by atoms with van der Waals surface area (Å²) in [6.45, 7) is 4.64. The molecule has 1 heterocycles. The van der Waals surface area contributed by atoms with Crippen LogP contribution in [0.3, 0.4) is 0 Å². The zero-order valence-corrected chi connectivity index (χ0v) is 14.1. The molecule has 130 valence electrons. The molecule has 6 nitrogen and oxygen atoms in total. The second-order valence-corrected chi connectivity index (χ2v) is 6.98. The van der Waals surface area contributed by atoms with Crippen molar-refractivity contribution in [1.29, 1.82) is 0 Å². The maximum absolute atomic E-state index is 12.4. The molecule has 2 N–H and O–H groups in total. The van der Waals surface area contributed by atoms with E-state index < -0.39 is 5.97 Å². The summed E-state index contributed by atoms with van der Waals surface area (Å²) in [6, 6.07) is 0.242. The predicted octanol–water partition coefficient (Wildman–Crippen LogP) is 1.78. The molecule has 0 spiro atoms. The van der Waals surface area contributed by atoms with Crippen molar-refractivity contribution in [3.05, 3.63) is 0 Å². The molecule has 2 aliphatic rings. The summed E-state index contributed by atoms with van der Waals surface area (Å²) in [6.07, 6.45) is 4.92. The van der Waals surface area contributed by atoms with Gasteiger partial charge in [-0.25, -0.2) is 0 Å². The summed E-state index contributed by atoms with van der Waals surface area (Å²) in [5, 5.41) is 12.0. The number of carboxylic acids is 1. The van der Waals surface area contributed by atoms with Crippen LogP contribution in [0.2, 0.25) is 0 Å². The molecule has 2 fully saturated rings. The highest BCUT2D eigenvalue weighted by Gasteiger charge is 2.37. The Morgan fingerprint density at radius 2 is 1.91 bits per heavy atom. The van der Waals surface area contributed by atoms with E-state index in [0.29, 0.717) is 38.6 Å². The van der Waals surface area contributed by atoms with E-state index in [1.54, 1.807) is 0 Å². The van der Waals surface area contributed by atoms with Gasteiger partial charge in [0.05, 0.1) is 11.8 Å². The first-order chi connectivity index (χ1) is 10.9. The van der Waals surface area contributed by atoms with E-state index in [4.69, 9.17) is 5.11 Å². The lowest BCUT2D eigenvalue weighted by atomic mass is 9.86. The Kier molecular flexibility index (Phi) is 6.02. The van der Waals surface area contributed by atoms with Gasteiger partial charge in [-0.15, -0.1) is 0 Å². The lowest BCUT2D eigenvalue weighted by molar-refractivity contribution is -0.143. The Balaban J connectivity index is 1.81. The number of hydrogen-bond acceptors (Lipinski definition) is 3. The average Bonchev–Trinajstić information content (AvgIpc) is 2.90. The first kappa shape index (κ1) is 17.8. The Labute approximate surface area is 137 Å². The molecule has 0 bridgehead atoms. The van der Waals surface area contributed by atoms with Gasteiger partial charge in [0.2, 0.25) is 11.8 Å². The van der Waals surface area contributed by atoms with Gasteiger partial charge in [-0.2, -0.15) is 0 Å². The monoisotopic (exact) mass is 324 g/mol. The topological polar surface area (TPSA) is 86.7 Å². The maximum atomic E-state index is 12.4. The maximum Gasteiger partial charge on any atom is 0.306 e. The Bertz CT molecular complexity index is 458. The summed E-state index contributed by atoms with van der Waals surface area (Å²) >= 11 is 0. The van der Waals surface area contributed by atoms with Crippen molar-refractivity contribution in [2.24, 2.45) is 11.8 Å². The van der Waals surface area contributed by atoms with Crippen molar-refractivity contribution in [2.75, 3.05) is 6.54 Å². The van der Waals surface area contributed by atoms with Gasteiger partial charge in [-0.3, -0.25) is 14.4 Å². The number of aliphatic carboxylic acids is 1. The average molecular weight is 324 g/mol. The fourth-order valence-corrected chi connectivity index (χ4v) is 3.71. The van der Waals surface area contributed by atoms with Crippen molar-refractivity contribution in [2.45, 2.75) is 70.9 Å². The Morgan fingerprint density at radius 3 is 2.48 bits per heavy atom. The zero-order valence-electron chi connectivity index (χ0n) is 14.1. The molecule has 1 aliphatic heterocycles. The number of carbonyl (C=O) groups excluding carboxylic acids is 2. The van der Waals surface area contributed by atoms with Gasteiger partial charge in [0.25, 0.3) is 0 Å². The number of rotatable bonds is 6. The number of nitrogens with one attached hydrogen (secondary N) is 1. The van der Waals surface area contributed by atoms with E-state index in [0.717, 1.165) is 12.8 Å². The van der Waals surface area contributed by atoms with Crippen LogP contribution in [0.1, 0.15) is 58.8 Å². The van der Waals surface area contributed by atoms with Crippen molar-refractivity contribution in [3.8, 4) is 0 Å². The minimum absolute atomic E-state index is 0.0512. The van der Waals surface area contributed by atoms with Crippen LogP contribution in [-0.4, -0.2) is 46.4 Å². The van der Waals surface area contributed by atoms with E-state index in [1.807, 2.05) is 11.8 Å². The summed E-state index contributed by atoms with van der Waals surface area (Å²) in [5.74, 6) is -1.26. The van der Waals surface area contributed by atoms with Crippen LogP contribution in [0.4, 0.5) is 0 Å². The van der Waals surface area contributed by atoms with Gasteiger partial charge >= 0.3 is 5.97 Å². The highest BCUT2D eigenvalue weighted by Crippen LogP contribution is 2.26. The largest absolute Gasteiger partial charge is 0.481 e. The van der Waals surface area contributed by atoms with E-state index in [-0.39, 0.29) is 35.7 Å². The number of hydrogen-bond donors (Lipinski definition) is 2. The smallest absolute Gasteiger partial charge is 0.306 e. The van der Waals surface area contributed by atoms with Crippen molar-refractivity contribution in [3.63, 3.8) is 0 Å². The normalized spacial score (nSPS) is 29.4. The van der Waals surface area contributed by atoms with Gasteiger partial charge < -0.3 is 15.3 Å². The molecular formula is C17H28N2O4. The van der Waals surface area contributed by atoms with E-state index >= 15 is 0 Å². The van der Waals surface area contributed by atoms with Crippen LogP contribution in [0.15, 0.2) is 0 Å². The molecule has 23 heavy (non-hydrogen) atoms. The number of amides is 2. The standard InChI is InChI=1S/C17H28N2O4/c1-3-4-11(2)19-10-13(9-15(19)20)16(21)18-14-7-5-12(6-8-14)17(22)23/h11-14H,3-10H2,1-2H3,(H,18,21)(H,22,23). The quantitative estimate of drug-likeness (QED) is 0.780. The van der Waals surface area contributed by atoms with E-state index in [9.17, 15) is 14.4 Å². The van der Waals surface area contributed by atoms with Crippen LogP contribution < -0.4 is 5.32 Å². The highest BCUT2D eigenvalue weighted by atomic mass is 16.4. The summed E-state index contributed by atoms with van der Waals surface area (Å²) < 4.78 is 0. The molecule has 2 rings (SSSR count). The molecule has 0 aromatic heterocycles. The summed E-state index contributed by atoms with van der Waals surface area (Å²) in [7, 11) is 0. The third-order valence-electron chi connectivity index (χ3n) is 5.19. The molecule has 0 aromatic carbocycles. The van der Waals surface area contributed by atoms with E-state index in [1.165, 1.54) is 0 Å². The molecule has 1 saturated carbocycles. The number of carbonyl (C=O) groups is 3. The van der Waals surface area contributed by atoms with Crippen LogP contribution in [-0.2, 0) is 14.4 Å². The SMILES string of the molecule is CCCC(C)N1CC(C(=O)NC2CCC(C(=O)O)CC2)CC1=O. The first-order valence-electron chi connectivity index (χ1n) is 8.75. The second-order valence-electron chi connectivity index (χ2n) is 6.98. The summed E-state index contributed by atoms with van der Waals surface area (Å²) in [4.78, 5) is 37.3. The molecule has 0 aromatic rings. The third-order valence-corrected chi connectivity index (χ3v) is 5.19. The number of nitrogens with zero attached hydrogens (tertiary/aromatic N) is 1. The molecule has 1 saturated heterocycles. The molecule has 2 amide bonds. The first-order valence-corrected chi connectivity index (χ1v) is 8.75. The van der Waals surface area contributed by atoms with Crippen molar-refractivity contribution in [1.82, 2.24) is 10.2 Å². The fourth-order valence-electron chi connectivity index (χ4n) is 3.71. The molecule has 2 atom stereocenters. The van der Waals surface area contributed by atoms with Gasteiger partial charge in [0.15, 0.2) is 0 Å². The van der Waals surface area contributed by atoms with Crippen LogP contribution in [0.5, 0.6) is 0 Å². The number of carboxylic acid groups (broad SMARTS) is 1. The van der Waals surface area contributed by atoms with E-state index in [2.05, 4.69) is 12.2 Å². The highest BCUT2D eigenvalue weighted by molar-refractivity contribution is 5.89. The van der Waals surface area contributed by atoms with Crippen molar-refractivity contribution >= 4 is 17.8 Å².